The summed E-state index contributed by atoms with van der Waals surface area (Å²) in [4.78, 5) is 0. The molecule has 2 nitrogen and oxygen atoms in total. The first-order valence-electron chi connectivity index (χ1n) is 21.1. The fourth-order valence-electron chi connectivity index (χ4n) is 11.0. The molecule has 0 bridgehead atoms. The highest BCUT2D eigenvalue weighted by molar-refractivity contribution is 6.24. The van der Waals surface area contributed by atoms with E-state index in [1.165, 1.54) is 126 Å². The number of fused-ring (bicyclic) bond motifs is 12. The Morgan fingerprint density at radius 1 is 0.367 bits per heavy atom. The van der Waals surface area contributed by atoms with Gasteiger partial charge in [0.15, 0.2) is 0 Å². The van der Waals surface area contributed by atoms with Crippen molar-refractivity contribution in [3.05, 3.63) is 205 Å². The lowest BCUT2D eigenvalue weighted by molar-refractivity contribution is 0.645. The van der Waals surface area contributed by atoms with Gasteiger partial charge in [-0.1, -0.05) is 147 Å². The van der Waals surface area contributed by atoms with Crippen molar-refractivity contribution in [3.8, 4) is 33.6 Å². The first-order valence-corrected chi connectivity index (χ1v) is 21.1. The molecule has 1 aliphatic carbocycles. The fourth-order valence-corrected chi connectivity index (χ4v) is 11.0. The van der Waals surface area contributed by atoms with Gasteiger partial charge in [-0.25, -0.2) is 0 Å². The molecule has 0 aliphatic heterocycles. The second kappa shape index (κ2) is 12.1. The lowest BCUT2D eigenvalue weighted by atomic mass is 9.68. The molecular formula is C58H40N2. The number of benzene rings is 10. The number of para-hydroxylation sites is 1. The summed E-state index contributed by atoms with van der Waals surface area (Å²) in [5, 5.41) is 12.9. The van der Waals surface area contributed by atoms with Gasteiger partial charge in [0.05, 0.1) is 27.8 Å². The van der Waals surface area contributed by atoms with E-state index in [9.17, 15) is 0 Å². The van der Waals surface area contributed by atoms with E-state index in [0.717, 1.165) is 0 Å². The predicted octanol–water partition coefficient (Wildman–Crippen LogP) is 15.6. The fraction of sp³-hybridized carbons (Fsp3) is 0.0690. The minimum atomic E-state index is -0.0915. The number of aryl methyl sites for hydroxylation is 1. The van der Waals surface area contributed by atoms with Crippen LogP contribution in [0.15, 0.2) is 188 Å². The average Bonchev–Trinajstić information content (AvgIpc) is 3.81. The summed E-state index contributed by atoms with van der Waals surface area (Å²) in [6.07, 6.45) is 0. The third-order valence-electron chi connectivity index (χ3n) is 13.9. The largest absolute Gasteiger partial charge is 0.309 e. The van der Waals surface area contributed by atoms with E-state index in [1.54, 1.807) is 0 Å². The van der Waals surface area contributed by atoms with Gasteiger partial charge >= 0.3 is 0 Å². The molecule has 1 aliphatic rings. The van der Waals surface area contributed by atoms with Crippen LogP contribution in [0.3, 0.4) is 0 Å². The van der Waals surface area contributed by atoms with Crippen molar-refractivity contribution in [1.29, 1.82) is 0 Å². The number of hydrogen-bond donors (Lipinski definition) is 0. The van der Waals surface area contributed by atoms with Crippen molar-refractivity contribution in [2.45, 2.75) is 26.2 Å². The highest BCUT2D eigenvalue weighted by Crippen LogP contribution is 2.51. The van der Waals surface area contributed by atoms with Gasteiger partial charge in [-0.15, -0.1) is 0 Å². The monoisotopic (exact) mass is 764 g/mol. The summed E-state index contributed by atoms with van der Waals surface area (Å²) in [6, 6.07) is 70.3. The lowest BCUT2D eigenvalue weighted by Gasteiger charge is -2.36. The third-order valence-corrected chi connectivity index (χ3v) is 13.9. The summed E-state index contributed by atoms with van der Waals surface area (Å²) in [5.41, 5.74) is 16.3. The van der Waals surface area contributed by atoms with E-state index in [0.29, 0.717) is 0 Å². The van der Waals surface area contributed by atoms with Gasteiger partial charge in [-0.3, -0.25) is 0 Å². The summed E-state index contributed by atoms with van der Waals surface area (Å²) in [5.74, 6) is 0. The van der Waals surface area contributed by atoms with Gasteiger partial charge in [0.1, 0.15) is 0 Å². The van der Waals surface area contributed by atoms with Gasteiger partial charge in [0, 0.05) is 32.6 Å². The maximum Gasteiger partial charge on any atom is 0.0547 e. The second-order valence-corrected chi connectivity index (χ2v) is 17.3. The zero-order valence-corrected chi connectivity index (χ0v) is 33.8. The van der Waals surface area contributed by atoms with E-state index >= 15 is 0 Å². The quantitative estimate of drug-likeness (QED) is 0.170. The smallest absolute Gasteiger partial charge is 0.0547 e. The van der Waals surface area contributed by atoms with E-state index in [4.69, 9.17) is 0 Å². The molecule has 2 heterocycles. The van der Waals surface area contributed by atoms with Crippen molar-refractivity contribution in [1.82, 2.24) is 9.13 Å². The molecule has 0 spiro atoms. The molecule has 10 aromatic carbocycles. The van der Waals surface area contributed by atoms with Gasteiger partial charge < -0.3 is 9.13 Å². The van der Waals surface area contributed by atoms with Crippen LogP contribution in [0.25, 0.3) is 110 Å². The Labute approximate surface area is 348 Å². The van der Waals surface area contributed by atoms with Crippen LogP contribution in [-0.4, -0.2) is 9.13 Å². The van der Waals surface area contributed by atoms with Crippen LogP contribution in [0, 0.1) is 6.92 Å². The molecule has 0 radical (unpaired) electrons. The summed E-state index contributed by atoms with van der Waals surface area (Å²) in [7, 11) is 0. The maximum absolute atomic E-state index is 2.55. The highest BCUT2D eigenvalue weighted by Gasteiger charge is 2.34. The van der Waals surface area contributed by atoms with Gasteiger partial charge in [-0.2, -0.15) is 0 Å². The first kappa shape index (κ1) is 33.5. The summed E-state index contributed by atoms with van der Waals surface area (Å²) >= 11 is 0. The van der Waals surface area contributed by atoms with Crippen molar-refractivity contribution in [2.75, 3.05) is 0 Å². The zero-order valence-electron chi connectivity index (χ0n) is 33.8. The van der Waals surface area contributed by atoms with Crippen LogP contribution < -0.4 is 0 Å². The SMILES string of the molecule is Cc1c(-n2c3ccc(-c4ccc5c(c4)c4c6ccccc6ccc4n5-c4ccccc4)cc3c3c4ccccc4ccc32)cc2c3c(cccc13)C(C)(C)c1ccccc1-2. The van der Waals surface area contributed by atoms with Crippen LogP contribution in [-0.2, 0) is 5.41 Å². The Balaban J connectivity index is 1.10. The van der Waals surface area contributed by atoms with Crippen LogP contribution in [0.4, 0.5) is 0 Å². The topological polar surface area (TPSA) is 9.86 Å². The minimum absolute atomic E-state index is 0.0915. The Kier molecular flexibility index (Phi) is 6.74. The molecular weight excluding hydrogens is 725 g/mol. The Bertz CT molecular complexity index is 3800. The molecule has 2 aromatic heterocycles. The molecule has 0 amide bonds. The number of nitrogens with zero attached hydrogens (tertiary/aromatic N) is 2. The van der Waals surface area contributed by atoms with E-state index in [-0.39, 0.29) is 5.41 Å². The minimum Gasteiger partial charge on any atom is -0.309 e. The van der Waals surface area contributed by atoms with Crippen LogP contribution >= 0.6 is 0 Å². The van der Waals surface area contributed by atoms with Crippen molar-refractivity contribution >= 4 is 75.9 Å². The Hall–Kier alpha value is -7.42. The molecule has 0 saturated heterocycles. The molecule has 0 saturated carbocycles. The number of rotatable bonds is 3. The van der Waals surface area contributed by atoms with Gasteiger partial charge in [-0.05, 0) is 133 Å². The molecule has 0 unspecified atom stereocenters. The standard InChI is InChI=1S/C58H40N2/c1-35-41-21-13-23-49-55(41)45(44-20-11-12-22-48(44)58(49,2)3)34-54(35)60-51-29-27-39(33-47(51)57-43-19-10-8-15-37(43)25-31-53(57)60)38-26-28-50-46(32-38)56-42-18-9-7-14-36(42)24-30-52(56)59(50)40-16-5-4-6-17-40/h4-34H,1-3H3. The van der Waals surface area contributed by atoms with Gasteiger partial charge in [0.2, 0.25) is 0 Å². The number of aromatic nitrogens is 2. The summed E-state index contributed by atoms with van der Waals surface area (Å²) in [6.45, 7) is 7.08. The van der Waals surface area contributed by atoms with Gasteiger partial charge in [0.25, 0.3) is 0 Å². The average molecular weight is 765 g/mol. The van der Waals surface area contributed by atoms with Crippen LogP contribution in [0.1, 0.15) is 30.5 Å². The lowest BCUT2D eigenvalue weighted by Crippen LogP contribution is -2.23. The summed E-state index contributed by atoms with van der Waals surface area (Å²) < 4.78 is 4.97. The predicted molar refractivity (Wildman–Crippen MR) is 255 cm³/mol. The van der Waals surface area contributed by atoms with E-state index in [1.807, 2.05) is 0 Å². The van der Waals surface area contributed by atoms with Crippen molar-refractivity contribution < 1.29 is 0 Å². The molecule has 0 fully saturated rings. The van der Waals surface area contributed by atoms with E-state index in [2.05, 4.69) is 218 Å². The maximum atomic E-state index is 2.55. The molecule has 12 aromatic rings. The molecule has 282 valence electrons. The Morgan fingerprint density at radius 2 is 0.900 bits per heavy atom. The number of hydrogen-bond acceptors (Lipinski definition) is 0. The zero-order chi connectivity index (χ0) is 39.9. The normalized spacial score (nSPS) is 13.4. The molecule has 13 rings (SSSR count). The van der Waals surface area contributed by atoms with Crippen molar-refractivity contribution in [3.63, 3.8) is 0 Å². The Morgan fingerprint density at radius 3 is 1.58 bits per heavy atom. The molecule has 0 N–H and O–H groups in total. The molecule has 2 heteroatoms. The first-order chi connectivity index (χ1) is 29.5. The highest BCUT2D eigenvalue weighted by atomic mass is 15.0. The molecule has 0 atom stereocenters. The molecule has 60 heavy (non-hydrogen) atoms. The van der Waals surface area contributed by atoms with Crippen molar-refractivity contribution in [2.24, 2.45) is 0 Å². The second-order valence-electron chi connectivity index (χ2n) is 17.3. The van der Waals surface area contributed by atoms with E-state index < -0.39 is 0 Å². The van der Waals surface area contributed by atoms with Crippen LogP contribution in [0.5, 0.6) is 0 Å². The third kappa shape index (κ3) is 4.43. The van der Waals surface area contributed by atoms with Crippen LogP contribution in [0.2, 0.25) is 0 Å².